The van der Waals surface area contributed by atoms with Crippen molar-refractivity contribution in [2.24, 2.45) is 5.92 Å². The largest absolute Gasteiger partial charge is 0.497 e. The van der Waals surface area contributed by atoms with Crippen LogP contribution >= 0.6 is 0 Å². The van der Waals surface area contributed by atoms with Crippen molar-refractivity contribution >= 4 is 5.91 Å². The Labute approximate surface area is 187 Å². The number of nitrogens with zero attached hydrogens (tertiary/aromatic N) is 1. The van der Waals surface area contributed by atoms with E-state index in [-0.39, 0.29) is 11.5 Å². The van der Waals surface area contributed by atoms with Crippen molar-refractivity contribution in [2.75, 3.05) is 20.3 Å². The molecule has 1 fully saturated rings. The average Bonchev–Trinajstić information content (AvgIpc) is 2.79. The van der Waals surface area contributed by atoms with Gasteiger partial charge in [-0.15, -0.1) is 0 Å². The summed E-state index contributed by atoms with van der Waals surface area (Å²) >= 11 is 0. The van der Waals surface area contributed by atoms with Crippen molar-refractivity contribution in [1.82, 2.24) is 4.90 Å². The quantitative estimate of drug-likeness (QED) is 0.511. The SMILES string of the molecule is CC[C@]1(C)C[C@@H]([C@H](CCN(Cc2ccccc2)C(C)=O)c2ccc(OC)cc2)CCO1. The number of carbonyl (C=O) groups is 1. The molecular weight excluding hydrogens is 386 g/mol. The summed E-state index contributed by atoms with van der Waals surface area (Å²) in [7, 11) is 1.70. The van der Waals surface area contributed by atoms with Crippen LogP contribution in [0.1, 0.15) is 63.5 Å². The van der Waals surface area contributed by atoms with E-state index >= 15 is 0 Å². The molecule has 0 bridgehead atoms. The Bertz CT molecular complexity index is 820. The number of amides is 1. The third-order valence-corrected chi connectivity index (χ3v) is 6.87. The summed E-state index contributed by atoms with van der Waals surface area (Å²) in [6, 6.07) is 18.7. The van der Waals surface area contributed by atoms with Crippen molar-refractivity contribution in [3.05, 3.63) is 65.7 Å². The first-order chi connectivity index (χ1) is 14.9. The van der Waals surface area contributed by atoms with Crippen LogP contribution in [0.2, 0.25) is 0 Å². The van der Waals surface area contributed by atoms with Crippen LogP contribution in [0.3, 0.4) is 0 Å². The Morgan fingerprint density at radius 3 is 2.52 bits per heavy atom. The molecule has 1 aliphatic heterocycles. The van der Waals surface area contributed by atoms with Gasteiger partial charge in [0.25, 0.3) is 0 Å². The third kappa shape index (κ3) is 6.33. The lowest BCUT2D eigenvalue weighted by Gasteiger charge is -2.41. The minimum atomic E-state index is -0.0576. The van der Waals surface area contributed by atoms with Gasteiger partial charge in [0.15, 0.2) is 0 Å². The number of rotatable bonds is 9. The molecule has 1 aliphatic rings. The number of carbonyl (C=O) groups excluding carboxylic acids is 1. The molecule has 0 saturated carbocycles. The highest BCUT2D eigenvalue weighted by Gasteiger charge is 2.36. The van der Waals surface area contributed by atoms with Crippen LogP contribution in [0.25, 0.3) is 0 Å². The van der Waals surface area contributed by atoms with E-state index in [1.807, 2.05) is 35.2 Å². The average molecular weight is 424 g/mol. The van der Waals surface area contributed by atoms with Gasteiger partial charge in [0, 0.05) is 26.6 Å². The third-order valence-electron chi connectivity index (χ3n) is 6.87. The van der Waals surface area contributed by atoms with Crippen LogP contribution in [0.15, 0.2) is 54.6 Å². The Morgan fingerprint density at radius 2 is 1.90 bits per heavy atom. The fourth-order valence-corrected chi connectivity index (χ4v) is 4.73. The first kappa shape index (κ1) is 23.3. The zero-order valence-electron chi connectivity index (χ0n) is 19.5. The van der Waals surface area contributed by atoms with E-state index in [0.29, 0.717) is 18.4 Å². The molecule has 0 aromatic heterocycles. The normalized spacial score (nSPS) is 22.0. The van der Waals surface area contributed by atoms with Crippen molar-refractivity contribution < 1.29 is 14.3 Å². The molecule has 1 heterocycles. The predicted molar refractivity (Wildman–Crippen MR) is 125 cm³/mol. The molecule has 1 amide bonds. The van der Waals surface area contributed by atoms with E-state index in [4.69, 9.17) is 9.47 Å². The summed E-state index contributed by atoms with van der Waals surface area (Å²) in [4.78, 5) is 14.4. The molecule has 168 valence electrons. The first-order valence-electron chi connectivity index (χ1n) is 11.5. The molecule has 3 atom stereocenters. The molecule has 2 aromatic carbocycles. The molecule has 0 spiro atoms. The summed E-state index contributed by atoms with van der Waals surface area (Å²) in [5, 5.41) is 0. The zero-order valence-corrected chi connectivity index (χ0v) is 19.5. The van der Waals surface area contributed by atoms with Crippen molar-refractivity contribution in [3.8, 4) is 5.75 Å². The second-order valence-corrected chi connectivity index (χ2v) is 9.00. The van der Waals surface area contributed by atoms with Crippen molar-refractivity contribution in [3.63, 3.8) is 0 Å². The van der Waals surface area contributed by atoms with Crippen LogP contribution in [-0.2, 0) is 16.1 Å². The maximum atomic E-state index is 12.4. The van der Waals surface area contributed by atoms with Gasteiger partial charge in [-0.1, -0.05) is 49.4 Å². The van der Waals surface area contributed by atoms with E-state index < -0.39 is 0 Å². The lowest BCUT2D eigenvalue weighted by atomic mass is 9.74. The number of hydrogen-bond donors (Lipinski definition) is 0. The number of benzene rings is 2. The molecule has 3 rings (SSSR count). The van der Waals surface area contributed by atoms with Crippen LogP contribution in [0, 0.1) is 5.92 Å². The predicted octanol–water partition coefficient (Wildman–Crippen LogP) is 5.81. The van der Waals surface area contributed by atoms with Crippen LogP contribution in [-0.4, -0.2) is 36.7 Å². The summed E-state index contributed by atoms with van der Waals surface area (Å²) in [6.07, 6.45) is 4.08. The van der Waals surface area contributed by atoms with Gasteiger partial charge in [-0.2, -0.15) is 0 Å². The summed E-state index contributed by atoms with van der Waals surface area (Å²) < 4.78 is 11.5. The maximum Gasteiger partial charge on any atom is 0.219 e. The molecule has 0 aliphatic carbocycles. The zero-order chi connectivity index (χ0) is 22.3. The van der Waals surface area contributed by atoms with Gasteiger partial charge in [0.1, 0.15) is 5.75 Å². The van der Waals surface area contributed by atoms with E-state index in [1.165, 1.54) is 11.1 Å². The molecule has 31 heavy (non-hydrogen) atoms. The number of hydrogen-bond acceptors (Lipinski definition) is 3. The fourth-order valence-electron chi connectivity index (χ4n) is 4.73. The Hall–Kier alpha value is -2.33. The summed E-state index contributed by atoms with van der Waals surface area (Å²) in [5.41, 5.74) is 2.44. The molecule has 2 aromatic rings. The van der Waals surface area contributed by atoms with Gasteiger partial charge in [-0.05, 0) is 67.7 Å². The Kier molecular flexibility index (Phi) is 8.14. The van der Waals surface area contributed by atoms with Gasteiger partial charge in [-0.25, -0.2) is 0 Å². The lowest BCUT2D eigenvalue weighted by Crippen LogP contribution is -2.39. The summed E-state index contributed by atoms with van der Waals surface area (Å²) in [5.74, 6) is 1.93. The molecule has 0 radical (unpaired) electrons. The van der Waals surface area contributed by atoms with Gasteiger partial charge in [0.05, 0.1) is 12.7 Å². The van der Waals surface area contributed by atoms with Crippen molar-refractivity contribution in [1.29, 1.82) is 0 Å². The Morgan fingerprint density at radius 1 is 1.19 bits per heavy atom. The lowest BCUT2D eigenvalue weighted by molar-refractivity contribution is -0.129. The van der Waals surface area contributed by atoms with Gasteiger partial charge >= 0.3 is 0 Å². The highest BCUT2D eigenvalue weighted by Crippen LogP contribution is 2.41. The minimum absolute atomic E-state index is 0.0576. The van der Waals surface area contributed by atoms with Crippen LogP contribution < -0.4 is 4.74 Å². The van der Waals surface area contributed by atoms with Gasteiger partial charge in [-0.3, -0.25) is 4.79 Å². The summed E-state index contributed by atoms with van der Waals surface area (Å²) in [6.45, 7) is 8.34. The molecule has 4 heteroatoms. The highest BCUT2D eigenvalue weighted by molar-refractivity contribution is 5.73. The van der Waals surface area contributed by atoms with E-state index in [9.17, 15) is 4.79 Å². The smallest absolute Gasteiger partial charge is 0.219 e. The molecular formula is C27H37NO3. The highest BCUT2D eigenvalue weighted by atomic mass is 16.5. The van der Waals surface area contributed by atoms with E-state index in [0.717, 1.165) is 44.6 Å². The van der Waals surface area contributed by atoms with E-state index in [1.54, 1.807) is 14.0 Å². The molecule has 0 unspecified atom stereocenters. The molecule has 0 N–H and O–H groups in total. The number of ether oxygens (including phenoxy) is 2. The Balaban J connectivity index is 1.78. The van der Waals surface area contributed by atoms with Crippen LogP contribution in [0.5, 0.6) is 5.75 Å². The standard InChI is InChI=1S/C27H37NO3/c1-5-27(3)19-24(16-18-31-27)26(23-11-13-25(30-4)14-12-23)15-17-28(21(2)29)20-22-9-7-6-8-10-22/h6-14,24,26H,5,15-20H2,1-4H3/t24-,26+,27+/m0/s1. The maximum absolute atomic E-state index is 12.4. The molecule has 4 nitrogen and oxygen atoms in total. The van der Waals surface area contributed by atoms with Gasteiger partial charge < -0.3 is 14.4 Å². The monoisotopic (exact) mass is 423 g/mol. The van der Waals surface area contributed by atoms with E-state index in [2.05, 4.69) is 38.1 Å². The second kappa shape index (κ2) is 10.8. The van der Waals surface area contributed by atoms with Crippen LogP contribution in [0.4, 0.5) is 0 Å². The van der Waals surface area contributed by atoms with Gasteiger partial charge in [0.2, 0.25) is 5.91 Å². The number of methoxy groups -OCH3 is 1. The molecule has 1 saturated heterocycles. The topological polar surface area (TPSA) is 38.8 Å². The fraction of sp³-hybridized carbons (Fsp3) is 0.519. The minimum Gasteiger partial charge on any atom is -0.497 e. The first-order valence-corrected chi connectivity index (χ1v) is 11.5. The van der Waals surface area contributed by atoms with Crippen molar-refractivity contribution in [2.45, 2.75) is 64.5 Å². The second-order valence-electron chi connectivity index (χ2n) is 9.00.